The number of hydrogen-bond acceptors (Lipinski definition) is 3. The highest BCUT2D eigenvalue weighted by molar-refractivity contribution is 6.30. The van der Waals surface area contributed by atoms with E-state index in [1.165, 1.54) is 0 Å². The maximum absolute atomic E-state index is 12.2. The summed E-state index contributed by atoms with van der Waals surface area (Å²) < 4.78 is 0. The van der Waals surface area contributed by atoms with Crippen LogP contribution in [0.1, 0.15) is 36.5 Å². The second kappa shape index (κ2) is 8.85. The number of aliphatic carboxylic acids is 1. The second-order valence-electron chi connectivity index (χ2n) is 6.42. The second-order valence-corrected chi connectivity index (χ2v) is 6.85. The van der Waals surface area contributed by atoms with Crippen LogP contribution in [0.4, 0.5) is 0 Å². The van der Waals surface area contributed by atoms with Gasteiger partial charge in [0.05, 0.1) is 5.92 Å². The molecule has 0 aliphatic carbocycles. The van der Waals surface area contributed by atoms with E-state index in [0.29, 0.717) is 49.5 Å². The summed E-state index contributed by atoms with van der Waals surface area (Å²) in [5, 5.41) is 12.5. The number of carbonyl (C=O) groups is 3. The Morgan fingerprint density at radius 3 is 2.56 bits per heavy atom. The van der Waals surface area contributed by atoms with Crippen LogP contribution in [0.15, 0.2) is 24.3 Å². The van der Waals surface area contributed by atoms with E-state index in [9.17, 15) is 14.4 Å². The summed E-state index contributed by atoms with van der Waals surface area (Å²) in [6.07, 6.45) is 1.38. The van der Waals surface area contributed by atoms with Crippen LogP contribution in [0.2, 0.25) is 5.02 Å². The summed E-state index contributed by atoms with van der Waals surface area (Å²) in [6, 6.07) is 6.61. The fraction of sp³-hybridized carbons (Fsp3) is 0.500. The fourth-order valence-electron chi connectivity index (χ4n) is 3.04. The topological polar surface area (TPSA) is 86.7 Å². The maximum atomic E-state index is 12.2. The Balaban J connectivity index is 1.69. The number of carbonyl (C=O) groups excluding carboxylic acids is 2. The lowest BCUT2D eigenvalue weighted by molar-refractivity contribution is -0.148. The SMILES string of the molecule is CC1CN(C(=O)CCCNC(=O)c2ccc(Cl)cc2)CCC1C(=O)O. The molecule has 1 aliphatic heterocycles. The molecule has 0 bridgehead atoms. The first kappa shape index (κ1) is 19.2. The Kier molecular flexibility index (Phi) is 6.82. The summed E-state index contributed by atoms with van der Waals surface area (Å²) in [5.74, 6) is -1.39. The van der Waals surface area contributed by atoms with Crippen LogP contribution in [0.25, 0.3) is 0 Å². The van der Waals surface area contributed by atoms with Gasteiger partial charge in [0.1, 0.15) is 0 Å². The molecule has 136 valence electrons. The molecule has 1 aromatic rings. The minimum atomic E-state index is -0.787. The number of nitrogens with zero attached hydrogens (tertiary/aromatic N) is 1. The van der Waals surface area contributed by atoms with Gasteiger partial charge in [0.25, 0.3) is 5.91 Å². The van der Waals surface area contributed by atoms with Crippen LogP contribution in [0.5, 0.6) is 0 Å². The Morgan fingerprint density at radius 1 is 1.28 bits per heavy atom. The van der Waals surface area contributed by atoms with E-state index in [-0.39, 0.29) is 23.7 Å². The summed E-state index contributed by atoms with van der Waals surface area (Å²) in [7, 11) is 0. The molecule has 1 fully saturated rings. The normalized spacial score (nSPS) is 20.2. The van der Waals surface area contributed by atoms with Gasteiger partial charge < -0.3 is 15.3 Å². The van der Waals surface area contributed by atoms with Gasteiger partial charge in [0, 0.05) is 36.6 Å². The van der Waals surface area contributed by atoms with Gasteiger partial charge in [-0.1, -0.05) is 18.5 Å². The molecule has 1 aromatic carbocycles. The van der Waals surface area contributed by atoms with Crippen LogP contribution in [0, 0.1) is 11.8 Å². The van der Waals surface area contributed by atoms with E-state index in [1.54, 1.807) is 29.2 Å². The summed E-state index contributed by atoms with van der Waals surface area (Å²) in [6.45, 7) is 3.24. The van der Waals surface area contributed by atoms with Crippen molar-refractivity contribution in [1.82, 2.24) is 10.2 Å². The first-order chi connectivity index (χ1) is 11.9. The number of likely N-dealkylation sites (tertiary alicyclic amines) is 1. The van der Waals surface area contributed by atoms with Crippen molar-refractivity contribution in [3.63, 3.8) is 0 Å². The van der Waals surface area contributed by atoms with E-state index in [4.69, 9.17) is 16.7 Å². The Hall–Kier alpha value is -2.08. The van der Waals surface area contributed by atoms with Crippen molar-refractivity contribution >= 4 is 29.4 Å². The summed E-state index contributed by atoms with van der Waals surface area (Å²) >= 11 is 5.78. The number of rotatable bonds is 6. The predicted octanol–water partition coefficient (Wildman–Crippen LogP) is 2.42. The van der Waals surface area contributed by atoms with E-state index in [1.807, 2.05) is 6.92 Å². The lowest BCUT2D eigenvalue weighted by Gasteiger charge is -2.35. The number of halogens is 1. The van der Waals surface area contributed by atoms with Crippen molar-refractivity contribution in [3.05, 3.63) is 34.9 Å². The minimum absolute atomic E-state index is 0.0106. The quantitative estimate of drug-likeness (QED) is 0.757. The molecule has 0 spiro atoms. The number of hydrogen-bond donors (Lipinski definition) is 2. The zero-order valence-electron chi connectivity index (χ0n) is 14.2. The van der Waals surface area contributed by atoms with Gasteiger partial charge in [-0.3, -0.25) is 14.4 Å². The maximum Gasteiger partial charge on any atom is 0.306 e. The molecule has 2 amide bonds. The molecule has 2 unspecified atom stereocenters. The number of benzene rings is 1. The Morgan fingerprint density at radius 2 is 1.96 bits per heavy atom. The Bertz CT molecular complexity index is 632. The highest BCUT2D eigenvalue weighted by Gasteiger charge is 2.32. The lowest BCUT2D eigenvalue weighted by Crippen LogP contribution is -2.45. The third-order valence-electron chi connectivity index (χ3n) is 4.53. The van der Waals surface area contributed by atoms with Crippen LogP contribution < -0.4 is 5.32 Å². The van der Waals surface area contributed by atoms with Crippen LogP contribution in [-0.4, -0.2) is 47.4 Å². The number of nitrogens with one attached hydrogen (secondary N) is 1. The molecule has 2 rings (SSSR count). The molecule has 0 saturated carbocycles. The molecule has 7 heteroatoms. The van der Waals surface area contributed by atoms with Gasteiger partial charge in [0.2, 0.25) is 5.91 Å². The van der Waals surface area contributed by atoms with E-state index >= 15 is 0 Å². The molecule has 2 atom stereocenters. The van der Waals surface area contributed by atoms with Gasteiger partial charge >= 0.3 is 5.97 Å². The van der Waals surface area contributed by atoms with Crippen molar-refractivity contribution in [2.45, 2.75) is 26.2 Å². The first-order valence-corrected chi connectivity index (χ1v) is 8.80. The summed E-state index contributed by atoms with van der Waals surface area (Å²) in [4.78, 5) is 37.0. The molecule has 1 heterocycles. The largest absolute Gasteiger partial charge is 0.481 e. The molecular formula is C18H23ClN2O4. The molecule has 1 saturated heterocycles. The zero-order valence-corrected chi connectivity index (χ0v) is 15.0. The van der Waals surface area contributed by atoms with Gasteiger partial charge in [0.15, 0.2) is 0 Å². The first-order valence-electron chi connectivity index (χ1n) is 8.43. The summed E-state index contributed by atoms with van der Waals surface area (Å²) in [5.41, 5.74) is 0.528. The van der Waals surface area contributed by atoms with Crippen LogP contribution in [0.3, 0.4) is 0 Å². The van der Waals surface area contributed by atoms with E-state index in [0.717, 1.165) is 0 Å². The standard InChI is InChI=1S/C18H23ClN2O4/c1-12-11-21(10-8-15(12)18(24)25)16(22)3-2-9-20-17(23)13-4-6-14(19)7-5-13/h4-7,12,15H,2-3,8-11H2,1H3,(H,20,23)(H,24,25). The molecule has 25 heavy (non-hydrogen) atoms. The van der Waals surface area contributed by atoms with Gasteiger partial charge in [-0.2, -0.15) is 0 Å². The smallest absolute Gasteiger partial charge is 0.306 e. The third kappa shape index (κ3) is 5.46. The molecule has 1 aliphatic rings. The molecule has 0 radical (unpaired) electrons. The number of piperidine rings is 1. The van der Waals surface area contributed by atoms with Crippen LogP contribution >= 0.6 is 11.6 Å². The average molecular weight is 367 g/mol. The fourth-order valence-corrected chi connectivity index (χ4v) is 3.17. The average Bonchev–Trinajstić information content (AvgIpc) is 2.58. The number of carboxylic acids is 1. The molecule has 2 N–H and O–H groups in total. The van der Waals surface area contributed by atoms with E-state index in [2.05, 4.69) is 5.32 Å². The number of carboxylic acid groups (broad SMARTS) is 1. The highest BCUT2D eigenvalue weighted by Crippen LogP contribution is 2.24. The predicted molar refractivity (Wildman–Crippen MR) is 94.5 cm³/mol. The van der Waals surface area contributed by atoms with Gasteiger partial charge in [-0.15, -0.1) is 0 Å². The van der Waals surface area contributed by atoms with Crippen LogP contribution in [-0.2, 0) is 9.59 Å². The minimum Gasteiger partial charge on any atom is -0.481 e. The zero-order chi connectivity index (χ0) is 18.4. The van der Waals surface area contributed by atoms with Crippen molar-refractivity contribution in [2.75, 3.05) is 19.6 Å². The molecular weight excluding hydrogens is 344 g/mol. The van der Waals surface area contributed by atoms with Crippen molar-refractivity contribution in [2.24, 2.45) is 11.8 Å². The highest BCUT2D eigenvalue weighted by atomic mass is 35.5. The molecule has 0 aromatic heterocycles. The van der Waals surface area contributed by atoms with E-state index < -0.39 is 5.97 Å². The van der Waals surface area contributed by atoms with Crippen molar-refractivity contribution in [1.29, 1.82) is 0 Å². The Labute approximate surface area is 152 Å². The lowest BCUT2D eigenvalue weighted by atomic mass is 9.87. The van der Waals surface area contributed by atoms with Gasteiger partial charge in [-0.05, 0) is 43.0 Å². The monoisotopic (exact) mass is 366 g/mol. The number of amides is 2. The third-order valence-corrected chi connectivity index (χ3v) is 4.79. The van der Waals surface area contributed by atoms with Crippen molar-refractivity contribution < 1.29 is 19.5 Å². The van der Waals surface area contributed by atoms with Crippen molar-refractivity contribution in [3.8, 4) is 0 Å². The van der Waals surface area contributed by atoms with Gasteiger partial charge in [-0.25, -0.2) is 0 Å². The molecule has 6 nitrogen and oxygen atoms in total.